The van der Waals surface area contributed by atoms with Gasteiger partial charge in [-0.15, -0.1) is 0 Å². The van der Waals surface area contributed by atoms with E-state index in [-0.39, 0.29) is 63.6 Å². The van der Waals surface area contributed by atoms with Crippen molar-refractivity contribution in [1.29, 1.82) is 0 Å². The number of alkyl halides is 6. The number of rotatable bonds is 7. The summed E-state index contributed by atoms with van der Waals surface area (Å²) < 4.78 is 82.9. The number of hydrazone groups is 1. The predicted molar refractivity (Wildman–Crippen MR) is 141 cm³/mol. The number of benzene rings is 2. The van der Waals surface area contributed by atoms with Gasteiger partial charge in [-0.3, -0.25) is 14.9 Å². The Labute approximate surface area is 236 Å². The van der Waals surface area contributed by atoms with E-state index < -0.39 is 46.3 Å². The number of imide groups is 1. The minimum absolute atomic E-state index is 0.0213. The SMILES string of the molecule is NC(=N[N+](=O)[O-])NCCCn1cc(C2=C(c3c[nH]c4ccc(C(F)(F)F)cc34)C(=O)NC2=O)c2cc(C(F)(F)F)ccc21. The van der Waals surface area contributed by atoms with Gasteiger partial charge < -0.3 is 20.6 Å². The molecule has 1 aliphatic rings. The Bertz CT molecular complexity index is 1870. The Hall–Kier alpha value is -5.35. The Morgan fingerprint density at radius 1 is 0.953 bits per heavy atom. The van der Waals surface area contributed by atoms with Gasteiger partial charge >= 0.3 is 12.4 Å². The number of nitrogens with two attached hydrogens (primary N) is 1. The van der Waals surface area contributed by atoms with E-state index in [0.29, 0.717) is 0 Å². The number of amides is 2. The number of carbonyl (C=O) groups is 2. The molecule has 5 N–H and O–H groups in total. The first kappa shape index (κ1) is 29.2. The molecule has 2 amide bonds. The third-order valence-corrected chi connectivity index (χ3v) is 6.76. The maximum Gasteiger partial charge on any atom is 0.416 e. The molecular formula is C26H19F6N7O4. The van der Waals surface area contributed by atoms with E-state index in [4.69, 9.17) is 5.73 Å². The number of aryl methyl sites for hydroxylation is 1. The highest BCUT2D eigenvalue weighted by Crippen LogP contribution is 2.41. The monoisotopic (exact) mass is 607 g/mol. The molecule has 0 saturated heterocycles. The third-order valence-electron chi connectivity index (χ3n) is 6.76. The van der Waals surface area contributed by atoms with Crippen LogP contribution in [0.1, 0.15) is 28.7 Å². The molecule has 0 unspecified atom stereocenters. The number of hydrogen-bond donors (Lipinski definition) is 4. The fourth-order valence-electron chi connectivity index (χ4n) is 4.92. The van der Waals surface area contributed by atoms with Gasteiger partial charge in [0.2, 0.25) is 0 Å². The van der Waals surface area contributed by atoms with Crippen LogP contribution in [0.15, 0.2) is 53.9 Å². The van der Waals surface area contributed by atoms with Crippen LogP contribution < -0.4 is 16.4 Å². The van der Waals surface area contributed by atoms with Gasteiger partial charge in [0.1, 0.15) is 5.10 Å². The largest absolute Gasteiger partial charge is 0.416 e. The summed E-state index contributed by atoms with van der Waals surface area (Å²) in [5.41, 5.74) is 3.13. The molecule has 0 atom stereocenters. The summed E-state index contributed by atoms with van der Waals surface area (Å²) in [6.07, 6.45) is -6.59. The standard InChI is InChI=1S/C26H19F6N7O4/c27-25(28,29)12-2-4-18-14(8-12)16(10-35-18)20-21(23(41)36-22(20)40)17-11-38(7-1-6-34-24(33)37-39(42)43)19-5-3-13(9-15(17)19)26(30,31)32/h2-5,8-11,35H,1,6-7H2,(H3,33,34,37)(H,36,40,41). The van der Waals surface area contributed by atoms with Crippen molar-refractivity contribution in [2.24, 2.45) is 10.8 Å². The number of aromatic amines is 1. The molecule has 2 aromatic heterocycles. The van der Waals surface area contributed by atoms with Crippen molar-refractivity contribution in [2.45, 2.75) is 25.3 Å². The lowest BCUT2D eigenvalue weighted by Crippen LogP contribution is -2.33. The molecule has 0 fully saturated rings. The molecular weight excluding hydrogens is 588 g/mol. The molecule has 1 aliphatic heterocycles. The van der Waals surface area contributed by atoms with Gasteiger partial charge in [-0.05, 0) is 42.8 Å². The van der Waals surface area contributed by atoms with Crippen LogP contribution in [-0.2, 0) is 28.5 Å². The number of nitrogens with zero attached hydrogens (tertiary/aromatic N) is 3. The smallest absolute Gasteiger partial charge is 0.365 e. The van der Waals surface area contributed by atoms with E-state index in [9.17, 15) is 46.0 Å². The molecule has 5 rings (SSSR count). The quantitative estimate of drug-likeness (QED) is 0.0468. The number of halogens is 6. The molecule has 0 radical (unpaired) electrons. The van der Waals surface area contributed by atoms with E-state index >= 15 is 0 Å². The van der Waals surface area contributed by atoms with Crippen LogP contribution in [0.3, 0.4) is 0 Å². The maximum atomic E-state index is 13.7. The van der Waals surface area contributed by atoms with Crippen molar-refractivity contribution < 1.29 is 41.0 Å². The summed E-state index contributed by atoms with van der Waals surface area (Å²) in [7, 11) is 0. The van der Waals surface area contributed by atoms with Crippen molar-refractivity contribution in [3.05, 3.63) is 81.2 Å². The van der Waals surface area contributed by atoms with E-state index in [1.807, 2.05) is 0 Å². The molecule has 0 bridgehead atoms. The second-order valence-corrected chi connectivity index (χ2v) is 9.46. The summed E-state index contributed by atoms with van der Waals surface area (Å²) in [5, 5.41) is 16.9. The molecule has 224 valence electrons. The van der Waals surface area contributed by atoms with Crippen LogP contribution in [0.2, 0.25) is 0 Å². The number of aromatic nitrogens is 2. The number of hydrogen-bond acceptors (Lipinski definition) is 4. The maximum absolute atomic E-state index is 13.7. The lowest BCUT2D eigenvalue weighted by molar-refractivity contribution is -0.485. The number of nitro groups is 1. The zero-order chi connectivity index (χ0) is 31.3. The van der Waals surface area contributed by atoms with Gasteiger partial charge in [0, 0.05) is 58.4 Å². The van der Waals surface area contributed by atoms with E-state index in [1.54, 1.807) is 0 Å². The van der Waals surface area contributed by atoms with Gasteiger partial charge in [0.25, 0.3) is 17.8 Å². The van der Waals surface area contributed by atoms with Crippen molar-refractivity contribution >= 4 is 50.7 Å². The number of guanidine groups is 1. The normalized spacial score (nSPS) is 14.7. The van der Waals surface area contributed by atoms with Gasteiger partial charge in [-0.1, -0.05) is 0 Å². The Morgan fingerprint density at radius 3 is 2.19 bits per heavy atom. The summed E-state index contributed by atoms with van der Waals surface area (Å²) in [5.74, 6) is -2.33. The fraction of sp³-hybridized carbons (Fsp3) is 0.192. The molecule has 4 aromatic rings. The van der Waals surface area contributed by atoms with Crippen LogP contribution in [-0.4, -0.2) is 38.9 Å². The van der Waals surface area contributed by atoms with E-state index in [0.717, 1.165) is 30.3 Å². The summed E-state index contributed by atoms with van der Waals surface area (Å²) in [4.78, 5) is 39.3. The van der Waals surface area contributed by atoms with E-state index in [2.05, 4.69) is 20.7 Å². The van der Waals surface area contributed by atoms with Gasteiger partial charge in [0.05, 0.1) is 22.3 Å². The highest BCUT2D eigenvalue weighted by Gasteiger charge is 2.37. The molecule has 0 aliphatic carbocycles. The summed E-state index contributed by atoms with van der Waals surface area (Å²) in [6, 6.07) is 5.67. The highest BCUT2D eigenvalue weighted by molar-refractivity contribution is 6.50. The minimum Gasteiger partial charge on any atom is -0.365 e. The van der Waals surface area contributed by atoms with Crippen molar-refractivity contribution in [3.63, 3.8) is 0 Å². The van der Waals surface area contributed by atoms with Gasteiger partial charge in [0.15, 0.2) is 5.03 Å². The first-order valence-electron chi connectivity index (χ1n) is 12.4. The number of fused-ring (bicyclic) bond motifs is 2. The topological polar surface area (TPSA) is 160 Å². The zero-order valence-electron chi connectivity index (χ0n) is 21.6. The van der Waals surface area contributed by atoms with Crippen molar-refractivity contribution in [3.8, 4) is 0 Å². The Kier molecular flexibility index (Phi) is 7.11. The number of carbonyl (C=O) groups excluding carboxylic acids is 2. The third kappa shape index (κ3) is 5.60. The predicted octanol–water partition coefficient (Wildman–Crippen LogP) is 4.21. The average molecular weight is 607 g/mol. The minimum atomic E-state index is -4.75. The zero-order valence-corrected chi connectivity index (χ0v) is 21.6. The van der Waals surface area contributed by atoms with Crippen LogP contribution in [0.5, 0.6) is 0 Å². The first-order chi connectivity index (χ1) is 20.1. The average Bonchev–Trinajstić information content (AvgIpc) is 3.56. The second-order valence-electron chi connectivity index (χ2n) is 9.46. The van der Waals surface area contributed by atoms with Crippen LogP contribution >= 0.6 is 0 Å². The Balaban J connectivity index is 1.65. The van der Waals surface area contributed by atoms with Crippen molar-refractivity contribution in [2.75, 3.05) is 6.54 Å². The molecule has 11 nitrogen and oxygen atoms in total. The lowest BCUT2D eigenvalue weighted by atomic mass is 9.94. The Morgan fingerprint density at radius 2 is 1.56 bits per heavy atom. The van der Waals surface area contributed by atoms with Crippen LogP contribution in [0, 0.1) is 10.1 Å². The fourth-order valence-corrected chi connectivity index (χ4v) is 4.92. The van der Waals surface area contributed by atoms with Gasteiger partial charge in [-0.2, -0.15) is 26.3 Å². The summed E-state index contributed by atoms with van der Waals surface area (Å²) in [6.45, 7) is 0.212. The van der Waals surface area contributed by atoms with Crippen molar-refractivity contribution in [1.82, 2.24) is 20.2 Å². The van der Waals surface area contributed by atoms with Crippen LogP contribution in [0.25, 0.3) is 33.0 Å². The molecule has 17 heteroatoms. The molecule has 0 spiro atoms. The number of H-pyrrole nitrogens is 1. The highest BCUT2D eigenvalue weighted by atomic mass is 19.4. The lowest BCUT2D eigenvalue weighted by Gasteiger charge is -2.09. The van der Waals surface area contributed by atoms with E-state index in [1.165, 1.54) is 23.0 Å². The molecule has 0 saturated carbocycles. The first-order valence-corrected chi connectivity index (χ1v) is 12.4. The van der Waals surface area contributed by atoms with Crippen LogP contribution in [0.4, 0.5) is 26.3 Å². The molecule has 43 heavy (non-hydrogen) atoms. The molecule has 2 aromatic carbocycles. The van der Waals surface area contributed by atoms with Gasteiger partial charge in [-0.25, -0.2) is 10.1 Å². The second kappa shape index (κ2) is 10.5. The summed E-state index contributed by atoms with van der Waals surface area (Å²) >= 11 is 0. The number of nitrogens with one attached hydrogen (secondary N) is 3. The molecule has 3 heterocycles.